The molecular formula is C12H13BrN2. The second-order valence-electron chi connectivity index (χ2n) is 4.26. The van der Waals surface area contributed by atoms with Crippen molar-refractivity contribution in [2.45, 2.75) is 31.6 Å². The molecule has 0 spiro atoms. The minimum Gasteiger partial charge on any atom is -0.241 e. The van der Waals surface area contributed by atoms with Gasteiger partial charge in [0.15, 0.2) is 0 Å². The fourth-order valence-electron chi connectivity index (χ4n) is 2.53. The number of fused-ring (bicyclic) bond motifs is 1. The molecule has 1 saturated carbocycles. The van der Waals surface area contributed by atoms with Crippen LogP contribution in [0.25, 0.3) is 5.52 Å². The van der Waals surface area contributed by atoms with Gasteiger partial charge in [0.2, 0.25) is 0 Å². The summed E-state index contributed by atoms with van der Waals surface area (Å²) in [5.41, 5.74) is 2.69. The minimum absolute atomic E-state index is 0.733. The first-order valence-electron chi connectivity index (χ1n) is 5.47. The van der Waals surface area contributed by atoms with Gasteiger partial charge in [-0.2, -0.15) is 5.10 Å². The molecule has 0 saturated heterocycles. The average molecular weight is 265 g/mol. The summed E-state index contributed by atoms with van der Waals surface area (Å²) in [6.07, 6.45) is 9.45. The molecule has 15 heavy (non-hydrogen) atoms. The summed E-state index contributed by atoms with van der Waals surface area (Å²) in [7, 11) is 0. The quantitative estimate of drug-likeness (QED) is 0.767. The SMILES string of the molecule is Brc1ccn2ncc(C3CCCC3)c2c1. The number of hydrogen-bond donors (Lipinski definition) is 0. The van der Waals surface area contributed by atoms with E-state index >= 15 is 0 Å². The monoisotopic (exact) mass is 264 g/mol. The van der Waals surface area contributed by atoms with Gasteiger partial charge in [0.05, 0.1) is 11.7 Å². The number of pyridine rings is 1. The van der Waals surface area contributed by atoms with E-state index in [1.807, 2.05) is 23.0 Å². The zero-order valence-corrected chi connectivity index (χ0v) is 10.1. The number of rotatable bonds is 1. The Morgan fingerprint density at radius 3 is 2.93 bits per heavy atom. The van der Waals surface area contributed by atoms with Gasteiger partial charge < -0.3 is 0 Å². The smallest absolute Gasteiger partial charge is 0.0707 e. The Labute approximate surface area is 97.4 Å². The average Bonchev–Trinajstić information content (AvgIpc) is 2.83. The van der Waals surface area contributed by atoms with Crippen molar-refractivity contribution in [3.8, 4) is 0 Å². The zero-order valence-electron chi connectivity index (χ0n) is 8.49. The van der Waals surface area contributed by atoms with Gasteiger partial charge in [-0.1, -0.05) is 28.8 Å². The maximum absolute atomic E-state index is 4.40. The fraction of sp³-hybridized carbons (Fsp3) is 0.417. The number of aromatic nitrogens is 2. The van der Waals surface area contributed by atoms with Crippen LogP contribution in [0.2, 0.25) is 0 Å². The van der Waals surface area contributed by atoms with Crippen LogP contribution in [0.15, 0.2) is 29.0 Å². The molecule has 1 aliphatic carbocycles. The van der Waals surface area contributed by atoms with E-state index in [1.165, 1.54) is 36.8 Å². The number of hydrogen-bond acceptors (Lipinski definition) is 1. The predicted molar refractivity (Wildman–Crippen MR) is 64.1 cm³/mol. The number of nitrogens with zero attached hydrogens (tertiary/aromatic N) is 2. The Kier molecular flexibility index (Phi) is 2.28. The Morgan fingerprint density at radius 1 is 1.33 bits per heavy atom. The second kappa shape index (κ2) is 3.63. The summed E-state index contributed by atoms with van der Waals surface area (Å²) < 4.78 is 3.10. The van der Waals surface area contributed by atoms with Gasteiger partial charge >= 0.3 is 0 Å². The molecule has 2 nitrogen and oxygen atoms in total. The van der Waals surface area contributed by atoms with E-state index in [9.17, 15) is 0 Å². The maximum Gasteiger partial charge on any atom is 0.0707 e. The Morgan fingerprint density at radius 2 is 2.13 bits per heavy atom. The van der Waals surface area contributed by atoms with Crippen molar-refractivity contribution >= 4 is 21.4 Å². The van der Waals surface area contributed by atoms with E-state index in [0.29, 0.717) is 0 Å². The first-order valence-corrected chi connectivity index (χ1v) is 6.27. The van der Waals surface area contributed by atoms with Crippen LogP contribution in [0.4, 0.5) is 0 Å². The summed E-state index contributed by atoms with van der Waals surface area (Å²) in [5, 5.41) is 4.40. The molecule has 0 aliphatic heterocycles. The Balaban J connectivity index is 2.13. The summed E-state index contributed by atoms with van der Waals surface area (Å²) in [6, 6.07) is 4.19. The maximum atomic E-state index is 4.40. The van der Waals surface area contributed by atoms with Crippen LogP contribution in [0.1, 0.15) is 37.2 Å². The third kappa shape index (κ3) is 1.59. The van der Waals surface area contributed by atoms with E-state index in [0.717, 1.165) is 10.4 Å². The van der Waals surface area contributed by atoms with Crippen LogP contribution >= 0.6 is 15.9 Å². The van der Waals surface area contributed by atoms with Crippen molar-refractivity contribution in [3.05, 3.63) is 34.6 Å². The van der Waals surface area contributed by atoms with Crippen LogP contribution < -0.4 is 0 Å². The third-order valence-corrected chi connectivity index (χ3v) is 3.80. The van der Waals surface area contributed by atoms with E-state index < -0.39 is 0 Å². The van der Waals surface area contributed by atoms with Gasteiger partial charge in [-0.05, 0) is 30.9 Å². The lowest BCUT2D eigenvalue weighted by atomic mass is 9.99. The predicted octanol–water partition coefficient (Wildman–Crippen LogP) is 3.75. The third-order valence-electron chi connectivity index (χ3n) is 3.31. The molecule has 0 N–H and O–H groups in total. The van der Waals surface area contributed by atoms with Gasteiger partial charge in [-0.25, -0.2) is 4.52 Å². The fourth-order valence-corrected chi connectivity index (χ4v) is 2.86. The van der Waals surface area contributed by atoms with Gasteiger partial charge in [-0.15, -0.1) is 0 Å². The lowest BCUT2D eigenvalue weighted by Gasteiger charge is -2.06. The molecule has 2 aromatic heterocycles. The van der Waals surface area contributed by atoms with E-state index in [2.05, 4.69) is 27.1 Å². The highest BCUT2D eigenvalue weighted by Gasteiger charge is 2.20. The largest absolute Gasteiger partial charge is 0.241 e. The van der Waals surface area contributed by atoms with Crippen LogP contribution in [-0.2, 0) is 0 Å². The molecule has 2 heterocycles. The molecule has 0 bridgehead atoms. The second-order valence-corrected chi connectivity index (χ2v) is 5.17. The van der Waals surface area contributed by atoms with Crippen molar-refractivity contribution < 1.29 is 0 Å². The number of halogens is 1. The van der Waals surface area contributed by atoms with Crippen molar-refractivity contribution in [2.24, 2.45) is 0 Å². The summed E-state index contributed by atoms with van der Waals surface area (Å²) in [5.74, 6) is 0.733. The van der Waals surface area contributed by atoms with Crippen molar-refractivity contribution in [3.63, 3.8) is 0 Å². The lowest BCUT2D eigenvalue weighted by molar-refractivity contribution is 0.729. The molecule has 0 amide bonds. The molecule has 1 aliphatic rings. The Bertz CT molecular complexity index is 483. The van der Waals surface area contributed by atoms with Gasteiger partial charge in [0.1, 0.15) is 0 Å². The molecule has 0 aromatic carbocycles. The molecular weight excluding hydrogens is 252 g/mol. The molecule has 3 rings (SSSR count). The highest BCUT2D eigenvalue weighted by molar-refractivity contribution is 9.10. The van der Waals surface area contributed by atoms with Crippen molar-refractivity contribution in [1.82, 2.24) is 9.61 Å². The van der Waals surface area contributed by atoms with Gasteiger partial charge in [-0.3, -0.25) is 0 Å². The van der Waals surface area contributed by atoms with Crippen LogP contribution in [-0.4, -0.2) is 9.61 Å². The molecule has 1 fully saturated rings. The van der Waals surface area contributed by atoms with E-state index in [1.54, 1.807) is 0 Å². The first kappa shape index (κ1) is 9.40. The first-order chi connectivity index (χ1) is 7.34. The lowest BCUT2D eigenvalue weighted by Crippen LogP contribution is -1.91. The summed E-state index contributed by atoms with van der Waals surface area (Å²) in [6.45, 7) is 0. The Hall–Kier alpha value is -0.830. The highest BCUT2D eigenvalue weighted by Crippen LogP contribution is 2.36. The van der Waals surface area contributed by atoms with Gasteiger partial charge in [0, 0.05) is 16.2 Å². The molecule has 0 radical (unpaired) electrons. The van der Waals surface area contributed by atoms with Crippen LogP contribution in [0, 0.1) is 0 Å². The standard InChI is InChI=1S/C12H13BrN2/c13-10-5-6-15-12(7-10)11(8-14-15)9-3-1-2-4-9/h5-9H,1-4H2. The topological polar surface area (TPSA) is 17.3 Å². The summed E-state index contributed by atoms with van der Waals surface area (Å²) in [4.78, 5) is 0. The normalized spacial score (nSPS) is 17.7. The zero-order chi connectivity index (χ0) is 10.3. The highest BCUT2D eigenvalue weighted by atomic mass is 79.9. The van der Waals surface area contributed by atoms with Crippen LogP contribution in [0.3, 0.4) is 0 Å². The molecule has 2 aromatic rings. The molecule has 78 valence electrons. The summed E-state index contributed by atoms with van der Waals surface area (Å²) >= 11 is 3.52. The molecule has 0 atom stereocenters. The van der Waals surface area contributed by atoms with E-state index in [-0.39, 0.29) is 0 Å². The van der Waals surface area contributed by atoms with Crippen molar-refractivity contribution in [2.75, 3.05) is 0 Å². The molecule has 3 heteroatoms. The van der Waals surface area contributed by atoms with Crippen LogP contribution in [0.5, 0.6) is 0 Å². The van der Waals surface area contributed by atoms with Gasteiger partial charge in [0.25, 0.3) is 0 Å². The molecule has 0 unspecified atom stereocenters. The minimum atomic E-state index is 0.733. The van der Waals surface area contributed by atoms with Crippen molar-refractivity contribution in [1.29, 1.82) is 0 Å². The van der Waals surface area contributed by atoms with E-state index in [4.69, 9.17) is 0 Å².